The van der Waals surface area contributed by atoms with E-state index in [0.29, 0.717) is 5.39 Å². The van der Waals surface area contributed by atoms with Crippen LogP contribution in [0.15, 0.2) is 85.1 Å². The molecule has 1 saturated heterocycles. The lowest BCUT2D eigenvalue weighted by Crippen LogP contribution is -2.47. The van der Waals surface area contributed by atoms with Crippen LogP contribution in [-0.4, -0.2) is 52.4 Å². The Kier molecular flexibility index (Phi) is 6.51. The number of nitro benzene ring substituents is 1. The lowest BCUT2D eigenvalue weighted by atomic mass is 9.94. The number of nitro groups is 1. The third-order valence-corrected chi connectivity index (χ3v) is 7.75. The molecule has 1 unspecified atom stereocenters. The first-order chi connectivity index (χ1) is 18.2. The van der Waals surface area contributed by atoms with Gasteiger partial charge in [-0.25, -0.2) is 0 Å². The number of non-ortho nitro benzene ring substituents is 1. The summed E-state index contributed by atoms with van der Waals surface area (Å²) in [7, 11) is 0. The number of rotatable bonds is 5. The molecule has 0 saturated carbocycles. The molecule has 0 bridgehead atoms. The normalized spacial score (nSPS) is 18.4. The number of piperazine rings is 1. The molecular weight excluding hydrogens is 460 g/mol. The fraction of sp³-hybridized carbons (Fsp3) is 0.258. The Morgan fingerprint density at radius 1 is 0.892 bits per heavy atom. The Morgan fingerprint density at radius 2 is 1.68 bits per heavy atom. The average molecular weight is 491 g/mol. The van der Waals surface area contributed by atoms with Crippen molar-refractivity contribution in [3.8, 4) is 0 Å². The van der Waals surface area contributed by atoms with Crippen LogP contribution in [0.4, 0.5) is 5.69 Å². The van der Waals surface area contributed by atoms with Gasteiger partial charge in [-0.05, 0) is 46.5 Å². The lowest BCUT2D eigenvalue weighted by molar-refractivity contribution is -0.383. The molecule has 1 aromatic heterocycles. The van der Waals surface area contributed by atoms with E-state index in [1.54, 1.807) is 12.1 Å². The lowest BCUT2D eigenvalue weighted by Gasteiger charge is -2.40. The number of hydrogen-bond acceptors (Lipinski definition) is 5. The molecule has 1 aliphatic heterocycles. The summed E-state index contributed by atoms with van der Waals surface area (Å²) in [6, 6.07) is 24.5. The SMILES string of the molecule is O=[N+]([O-])c1cccc2cccc(C=CCN3CCN(C4c5ccccc5CCc5ncccc54)CC3)c12. The molecule has 1 atom stereocenters. The Bertz CT molecular complexity index is 1420. The van der Waals surface area contributed by atoms with Crippen LogP contribution >= 0.6 is 0 Å². The zero-order chi connectivity index (χ0) is 25.2. The minimum absolute atomic E-state index is 0.157. The Morgan fingerprint density at radius 3 is 2.51 bits per heavy atom. The van der Waals surface area contributed by atoms with Gasteiger partial charge in [0.1, 0.15) is 0 Å². The predicted octanol–water partition coefficient (Wildman–Crippen LogP) is 5.66. The van der Waals surface area contributed by atoms with E-state index in [4.69, 9.17) is 4.98 Å². The van der Waals surface area contributed by atoms with Crippen molar-refractivity contribution in [2.45, 2.75) is 18.9 Å². The number of aryl methyl sites for hydroxylation is 2. The second-order valence-corrected chi connectivity index (χ2v) is 9.86. The molecule has 1 aliphatic carbocycles. The summed E-state index contributed by atoms with van der Waals surface area (Å²) < 4.78 is 0. The van der Waals surface area contributed by atoms with Crippen LogP contribution in [0, 0.1) is 10.1 Å². The first-order valence-electron chi connectivity index (χ1n) is 13.0. The number of hydrogen-bond donors (Lipinski definition) is 0. The molecule has 2 heterocycles. The quantitative estimate of drug-likeness (QED) is 0.267. The van der Waals surface area contributed by atoms with Crippen molar-refractivity contribution in [3.63, 3.8) is 0 Å². The second kappa shape index (κ2) is 10.2. The van der Waals surface area contributed by atoms with Gasteiger partial charge in [0.2, 0.25) is 0 Å². The van der Waals surface area contributed by atoms with Gasteiger partial charge < -0.3 is 0 Å². The molecule has 186 valence electrons. The molecule has 0 radical (unpaired) electrons. The van der Waals surface area contributed by atoms with Crippen LogP contribution in [0.5, 0.6) is 0 Å². The maximum Gasteiger partial charge on any atom is 0.277 e. The molecule has 0 spiro atoms. The van der Waals surface area contributed by atoms with E-state index in [-0.39, 0.29) is 16.7 Å². The number of nitrogens with zero attached hydrogens (tertiary/aromatic N) is 4. The van der Waals surface area contributed by atoms with Crippen molar-refractivity contribution in [1.82, 2.24) is 14.8 Å². The van der Waals surface area contributed by atoms with E-state index in [1.165, 1.54) is 22.4 Å². The molecule has 37 heavy (non-hydrogen) atoms. The van der Waals surface area contributed by atoms with Gasteiger partial charge in [-0.1, -0.05) is 72.8 Å². The van der Waals surface area contributed by atoms with E-state index >= 15 is 0 Å². The van der Waals surface area contributed by atoms with Gasteiger partial charge in [-0.15, -0.1) is 0 Å². The maximum atomic E-state index is 11.6. The van der Waals surface area contributed by atoms with E-state index in [1.807, 2.05) is 36.5 Å². The highest BCUT2D eigenvalue weighted by Gasteiger charge is 2.31. The molecule has 2 aliphatic rings. The maximum absolute atomic E-state index is 11.6. The Hall–Kier alpha value is -3.87. The fourth-order valence-corrected chi connectivity index (χ4v) is 5.92. The van der Waals surface area contributed by atoms with Crippen molar-refractivity contribution >= 4 is 22.5 Å². The molecular formula is C31H30N4O2. The zero-order valence-corrected chi connectivity index (χ0v) is 20.8. The first-order valence-corrected chi connectivity index (χ1v) is 13.0. The van der Waals surface area contributed by atoms with Gasteiger partial charge in [-0.2, -0.15) is 0 Å². The highest BCUT2D eigenvalue weighted by Crippen LogP contribution is 2.36. The van der Waals surface area contributed by atoms with E-state index in [9.17, 15) is 10.1 Å². The molecule has 0 amide bonds. The molecule has 1 fully saturated rings. The minimum atomic E-state index is -0.293. The molecule has 6 nitrogen and oxygen atoms in total. The van der Waals surface area contributed by atoms with Gasteiger partial charge in [0.15, 0.2) is 0 Å². The summed E-state index contributed by atoms with van der Waals surface area (Å²) >= 11 is 0. The van der Waals surface area contributed by atoms with Crippen LogP contribution in [-0.2, 0) is 12.8 Å². The monoisotopic (exact) mass is 490 g/mol. The van der Waals surface area contributed by atoms with E-state index < -0.39 is 0 Å². The largest absolute Gasteiger partial charge is 0.297 e. The first kappa shape index (κ1) is 23.5. The van der Waals surface area contributed by atoms with Crippen molar-refractivity contribution < 1.29 is 4.92 Å². The highest BCUT2D eigenvalue weighted by molar-refractivity contribution is 5.97. The zero-order valence-electron chi connectivity index (χ0n) is 20.8. The van der Waals surface area contributed by atoms with Crippen molar-refractivity contribution in [2.75, 3.05) is 32.7 Å². The Labute approximate surface area is 217 Å². The summed E-state index contributed by atoms with van der Waals surface area (Å²) in [5.41, 5.74) is 6.46. The Balaban J connectivity index is 1.18. The summed E-state index contributed by atoms with van der Waals surface area (Å²) in [5.74, 6) is 0. The molecule has 6 heteroatoms. The van der Waals surface area contributed by atoms with Gasteiger partial charge in [-0.3, -0.25) is 24.9 Å². The van der Waals surface area contributed by atoms with E-state index in [0.717, 1.165) is 56.5 Å². The molecule has 3 aromatic carbocycles. The number of pyridine rings is 1. The van der Waals surface area contributed by atoms with Gasteiger partial charge >= 0.3 is 0 Å². The van der Waals surface area contributed by atoms with Gasteiger partial charge in [0.05, 0.1) is 16.4 Å². The van der Waals surface area contributed by atoms with Gasteiger partial charge in [0, 0.05) is 50.7 Å². The van der Waals surface area contributed by atoms with Crippen molar-refractivity contribution in [3.05, 3.63) is 123 Å². The fourth-order valence-electron chi connectivity index (χ4n) is 5.92. The smallest absolute Gasteiger partial charge is 0.277 e. The average Bonchev–Trinajstić information content (AvgIpc) is 3.10. The molecule has 4 aromatic rings. The number of benzene rings is 3. The summed E-state index contributed by atoms with van der Waals surface area (Å²) in [5, 5.41) is 13.2. The van der Waals surface area contributed by atoms with E-state index in [2.05, 4.69) is 52.3 Å². The van der Waals surface area contributed by atoms with Crippen LogP contribution in [0.3, 0.4) is 0 Å². The summed E-state index contributed by atoms with van der Waals surface area (Å²) in [4.78, 5) is 21.1. The summed E-state index contributed by atoms with van der Waals surface area (Å²) in [6.07, 6.45) is 8.11. The predicted molar refractivity (Wildman–Crippen MR) is 148 cm³/mol. The molecule has 0 N–H and O–H groups in total. The van der Waals surface area contributed by atoms with Crippen LogP contribution in [0.2, 0.25) is 0 Å². The number of fused-ring (bicyclic) bond motifs is 3. The minimum Gasteiger partial charge on any atom is -0.297 e. The highest BCUT2D eigenvalue weighted by atomic mass is 16.6. The van der Waals surface area contributed by atoms with Crippen LogP contribution in [0.25, 0.3) is 16.8 Å². The van der Waals surface area contributed by atoms with Crippen molar-refractivity contribution in [1.29, 1.82) is 0 Å². The van der Waals surface area contributed by atoms with Gasteiger partial charge in [0.25, 0.3) is 5.69 Å². The van der Waals surface area contributed by atoms with Crippen LogP contribution < -0.4 is 0 Å². The van der Waals surface area contributed by atoms with Crippen molar-refractivity contribution in [2.24, 2.45) is 0 Å². The van der Waals surface area contributed by atoms with Crippen LogP contribution in [0.1, 0.15) is 34.0 Å². The standard InChI is InChI=1S/C31H30N4O2/c36-35(37)29-14-4-10-24-8-3-9-25(30(24)29)11-6-18-33-19-21-34(22-20-33)31-26-12-2-1-7-23(26)15-16-28-27(31)13-5-17-32-28/h1-14,17,31H,15-16,18-22H2. The third-order valence-electron chi connectivity index (χ3n) is 7.75. The molecule has 6 rings (SSSR count). The second-order valence-electron chi connectivity index (χ2n) is 9.86. The number of aromatic nitrogens is 1. The third kappa shape index (κ3) is 4.66. The topological polar surface area (TPSA) is 62.5 Å². The summed E-state index contributed by atoms with van der Waals surface area (Å²) in [6.45, 7) is 4.76.